The maximum absolute atomic E-state index is 9.79. The van der Waals surface area contributed by atoms with Gasteiger partial charge in [0.25, 0.3) is 0 Å². The van der Waals surface area contributed by atoms with Gasteiger partial charge in [-0.05, 0) is 49.9 Å². The summed E-state index contributed by atoms with van der Waals surface area (Å²) in [6.45, 7) is 4.53. The van der Waals surface area contributed by atoms with E-state index in [0.717, 1.165) is 30.0 Å². The van der Waals surface area contributed by atoms with Crippen molar-refractivity contribution in [3.05, 3.63) is 41.5 Å². The number of ether oxygens (including phenoxy) is 1. The number of aliphatic hydroxyl groups is 1. The third kappa shape index (κ3) is 2.41. The van der Waals surface area contributed by atoms with Gasteiger partial charge in [-0.1, -0.05) is 6.07 Å². The van der Waals surface area contributed by atoms with Crippen molar-refractivity contribution in [2.75, 3.05) is 0 Å². The Morgan fingerprint density at radius 2 is 2.30 bits per heavy atom. The summed E-state index contributed by atoms with van der Waals surface area (Å²) in [7, 11) is 0. The van der Waals surface area contributed by atoms with Crippen molar-refractivity contribution in [3.8, 4) is 5.75 Å². The number of hydrogen-bond donors (Lipinski definition) is 1. The second kappa shape index (κ2) is 5.25. The molecule has 0 aliphatic heterocycles. The van der Waals surface area contributed by atoms with Crippen molar-refractivity contribution in [2.24, 2.45) is 0 Å². The van der Waals surface area contributed by atoms with Gasteiger partial charge in [0.15, 0.2) is 5.82 Å². The largest absolute Gasteiger partial charge is 0.486 e. The number of hydrogen-bond acceptors (Lipinski definition) is 4. The molecule has 1 heterocycles. The SMILES string of the molecule is CC(C)n1ncnc1COc1ccc2c(c1)CC[C@@H]2O. The third-order valence-electron chi connectivity index (χ3n) is 3.66. The van der Waals surface area contributed by atoms with Crippen LogP contribution in [-0.2, 0) is 13.0 Å². The van der Waals surface area contributed by atoms with E-state index in [1.165, 1.54) is 5.56 Å². The van der Waals surface area contributed by atoms with E-state index in [-0.39, 0.29) is 12.1 Å². The van der Waals surface area contributed by atoms with Crippen LogP contribution in [-0.4, -0.2) is 19.9 Å². The molecule has 0 unspecified atom stereocenters. The molecule has 0 fully saturated rings. The predicted octanol–water partition coefficient (Wildman–Crippen LogP) is 2.42. The van der Waals surface area contributed by atoms with Crippen LogP contribution in [0.3, 0.4) is 0 Å². The van der Waals surface area contributed by atoms with Crippen LogP contribution in [0.2, 0.25) is 0 Å². The first-order valence-corrected chi connectivity index (χ1v) is 6.97. The quantitative estimate of drug-likeness (QED) is 0.929. The van der Waals surface area contributed by atoms with Crippen LogP contribution in [0.25, 0.3) is 0 Å². The number of aliphatic hydroxyl groups excluding tert-OH is 1. The molecule has 1 aliphatic carbocycles. The maximum atomic E-state index is 9.79. The lowest BCUT2D eigenvalue weighted by Crippen LogP contribution is -2.10. The average molecular weight is 273 g/mol. The standard InChI is InChI=1S/C15H19N3O2/c1-10(2)18-15(16-9-17-18)8-20-12-4-5-13-11(7-12)3-6-14(13)19/h4-5,7,9-10,14,19H,3,6,8H2,1-2H3/t14-/m0/s1. The topological polar surface area (TPSA) is 60.2 Å². The predicted molar refractivity (Wildman–Crippen MR) is 74.5 cm³/mol. The third-order valence-corrected chi connectivity index (χ3v) is 3.66. The summed E-state index contributed by atoms with van der Waals surface area (Å²) >= 11 is 0. The van der Waals surface area contributed by atoms with Gasteiger partial charge in [-0.2, -0.15) is 5.10 Å². The summed E-state index contributed by atoms with van der Waals surface area (Å²) in [5, 5.41) is 14.0. The van der Waals surface area contributed by atoms with Crippen molar-refractivity contribution >= 4 is 0 Å². The minimum Gasteiger partial charge on any atom is -0.486 e. The fourth-order valence-electron chi connectivity index (χ4n) is 2.62. The minimum atomic E-state index is -0.317. The fraction of sp³-hybridized carbons (Fsp3) is 0.467. The van der Waals surface area contributed by atoms with Crippen LogP contribution >= 0.6 is 0 Å². The first-order chi connectivity index (χ1) is 9.65. The smallest absolute Gasteiger partial charge is 0.165 e. The molecule has 2 aromatic rings. The second-order valence-corrected chi connectivity index (χ2v) is 5.42. The molecule has 0 bridgehead atoms. The molecule has 0 amide bonds. The molecule has 0 saturated carbocycles. The van der Waals surface area contributed by atoms with Crippen molar-refractivity contribution in [2.45, 2.75) is 45.4 Å². The minimum absolute atomic E-state index is 0.270. The van der Waals surface area contributed by atoms with Crippen molar-refractivity contribution in [1.82, 2.24) is 14.8 Å². The highest BCUT2D eigenvalue weighted by molar-refractivity contribution is 5.39. The van der Waals surface area contributed by atoms with Crippen molar-refractivity contribution < 1.29 is 9.84 Å². The van der Waals surface area contributed by atoms with Crippen LogP contribution in [0.4, 0.5) is 0 Å². The zero-order valence-electron chi connectivity index (χ0n) is 11.8. The van der Waals surface area contributed by atoms with Crippen LogP contribution in [0.15, 0.2) is 24.5 Å². The Kier molecular flexibility index (Phi) is 3.44. The van der Waals surface area contributed by atoms with E-state index in [2.05, 4.69) is 23.9 Å². The van der Waals surface area contributed by atoms with E-state index < -0.39 is 0 Å². The van der Waals surface area contributed by atoms with E-state index in [9.17, 15) is 5.11 Å². The van der Waals surface area contributed by atoms with E-state index in [1.807, 2.05) is 22.9 Å². The first kappa shape index (κ1) is 13.1. The molecule has 5 nitrogen and oxygen atoms in total. The van der Waals surface area contributed by atoms with E-state index >= 15 is 0 Å². The Bertz CT molecular complexity index is 607. The number of fused-ring (bicyclic) bond motifs is 1. The Balaban J connectivity index is 1.71. The normalized spacial score (nSPS) is 17.5. The summed E-state index contributed by atoms with van der Waals surface area (Å²) in [6.07, 6.45) is 2.96. The Labute approximate surface area is 118 Å². The van der Waals surface area contributed by atoms with Crippen molar-refractivity contribution in [3.63, 3.8) is 0 Å². The summed E-state index contributed by atoms with van der Waals surface area (Å²) < 4.78 is 7.66. The molecule has 1 atom stereocenters. The first-order valence-electron chi connectivity index (χ1n) is 6.97. The zero-order chi connectivity index (χ0) is 14.1. The lowest BCUT2D eigenvalue weighted by atomic mass is 10.1. The lowest BCUT2D eigenvalue weighted by Gasteiger charge is -2.11. The molecule has 106 valence electrons. The highest BCUT2D eigenvalue weighted by Gasteiger charge is 2.20. The molecule has 1 aliphatic rings. The van der Waals surface area contributed by atoms with Gasteiger partial charge in [-0.15, -0.1) is 0 Å². The van der Waals surface area contributed by atoms with Crippen molar-refractivity contribution in [1.29, 1.82) is 0 Å². The van der Waals surface area contributed by atoms with E-state index in [1.54, 1.807) is 6.33 Å². The number of nitrogens with zero attached hydrogens (tertiary/aromatic N) is 3. The molecule has 3 rings (SSSR count). The summed E-state index contributed by atoms with van der Waals surface area (Å²) in [4.78, 5) is 4.22. The van der Waals surface area contributed by atoms with E-state index in [4.69, 9.17) is 4.74 Å². The molecule has 0 saturated heterocycles. The van der Waals surface area contributed by atoms with Crippen LogP contribution in [0, 0.1) is 0 Å². The molecule has 0 radical (unpaired) electrons. The summed E-state index contributed by atoms with van der Waals surface area (Å²) in [6, 6.07) is 6.15. The number of rotatable bonds is 4. The second-order valence-electron chi connectivity index (χ2n) is 5.42. The number of benzene rings is 1. The van der Waals surface area contributed by atoms with Gasteiger partial charge in [0.1, 0.15) is 18.7 Å². The number of aromatic nitrogens is 3. The molecular weight excluding hydrogens is 254 g/mol. The highest BCUT2D eigenvalue weighted by atomic mass is 16.5. The molecular formula is C15H19N3O2. The van der Waals surface area contributed by atoms with Gasteiger partial charge >= 0.3 is 0 Å². The average Bonchev–Trinajstić information content (AvgIpc) is 3.03. The van der Waals surface area contributed by atoms with Gasteiger partial charge in [-0.3, -0.25) is 0 Å². The molecule has 0 spiro atoms. The van der Waals surface area contributed by atoms with Gasteiger partial charge in [0.05, 0.1) is 6.10 Å². The Hall–Kier alpha value is -1.88. The fourth-order valence-corrected chi connectivity index (χ4v) is 2.62. The van der Waals surface area contributed by atoms with Crippen LogP contribution < -0.4 is 4.74 Å². The van der Waals surface area contributed by atoms with Gasteiger partial charge < -0.3 is 9.84 Å². The van der Waals surface area contributed by atoms with Crippen LogP contribution in [0.5, 0.6) is 5.75 Å². The summed E-state index contributed by atoms with van der Waals surface area (Å²) in [5.74, 6) is 1.64. The molecule has 1 aromatic heterocycles. The molecule has 1 aromatic carbocycles. The molecule has 20 heavy (non-hydrogen) atoms. The van der Waals surface area contributed by atoms with E-state index in [0.29, 0.717) is 6.61 Å². The van der Waals surface area contributed by atoms with Gasteiger partial charge in [0, 0.05) is 6.04 Å². The molecule has 1 N–H and O–H groups in total. The van der Waals surface area contributed by atoms with Gasteiger partial charge in [-0.25, -0.2) is 9.67 Å². The highest BCUT2D eigenvalue weighted by Crippen LogP contribution is 2.33. The Morgan fingerprint density at radius 1 is 1.45 bits per heavy atom. The summed E-state index contributed by atoms with van der Waals surface area (Å²) in [5.41, 5.74) is 2.21. The lowest BCUT2D eigenvalue weighted by molar-refractivity contribution is 0.180. The maximum Gasteiger partial charge on any atom is 0.165 e. The number of aryl methyl sites for hydroxylation is 1. The monoisotopic (exact) mass is 273 g/mol. The molecule has 5 heteroatoms. The van der Waals surface area contributed by atoms with Gasteiger partial charge in [0.2, 0.25) is 0 Å². The zero-order valence-corrected chi connectivity index (χ0v) is 11.8. The Morgan fingerprint density at radius 3 is 3.10 bits per heavy atom. The van der Waals surface area contributed by atoms with Crippen LogP contribution in [0.1, 0.15) is 49.4 Å².